The third kappa shape index (κ3) is 4.09. The summed E-state index contributed by atoms with van der Waals surface area (Å²) in [6, 6.07) is 12.7. The molecular weight excluding hydrogens is 452 g/mol. The van der Waals surface area contributed by atoms with E-state index in [1.165, 1.54) is 11.3 Å². The first kappa shape index (κ1) is 21.9. The van der Waals surface area contributed by atoms with Crippen LogP contribution in [0.5, 0.6) is 5.75 Å². The highest BCUT2D eigenvalue weighted by Gasteiger charge is 2.45. The average Bonchev–Trinajstić information content (AvgIpc) is 3.47. The van der Waals surface area contributed by atoms with E-state index in [9.17, 15) is 9.90 Å². The lowest BCUT2D eigenvalue weighted by Gasteiger charge is -2.21. The zero-order valence-electron chi connectivity index (χ0n) is 18.6. The van der Waals surface area contributed by atoms with Gasteiger partial charge in [-0.3, -0.25) is 4.79 Å². The molecule has 4 heterocycles. The Morgan fingerprint density at radius 2 is 1.97 bits per heavy atom. The molecular formula is C24H22N6O3S. The number of nitrogens with one attached hydrogen (secondary N) is 1. The molecule has 3 aromatic heterocycles. The van der Waals surface area contributed by atoms with E-state index in [4.69, 9.17) is 9.72 Å². The maximum absolute atomic E-state index is 12.5. The summed E-state index contributed by atoms with van der Waals surface area (Å²) >= 11 is 1.47. The summed E-state index contributed by atoms with van der Waals surface area (Å²) in [5.74, 6) is 1.35. The Morgan fingerprint density at radius 3 is 2.76 bits per heavy atom. The minimum Gasteiger partial charge on any atom is -0.497 e. The standard InChI is InChI=1S/C24H22N6O3S/c1-30-11-8-24(32,22(30)31)16-5-3-4-15(12-16)21-27-19(14-34-21)18-7-10-26-23(28-18)29-20-13-17(33-2)6-9-25-20/h3-7,9-10,12-14,32H,8,11H2,1-2H3,(H,25,26,28,29)/t24-/m1/s1. The molecule has 1 fully saturated rings. The van der Waals surface area contributed by atoms with Crippen molar-refractivity contribution in [1.82, 2.24) is 24.8 Å². The number of aliphatic hydroxyl groups is 1. The smallest absolute Gasteiger partial charge is 0.258 e. The fourth-order valence-corrected chi connectivity index (χ4v) is 4.65. The number of ether oxygens (including phenoxy) is 1. The van der Waals surface area contributed by atoms with E-state index in [0.29, 0.717) is 47.4 Å². The number of carbonyl (C=O) groups is 1. The quantitative estimate of drug-likeness (QED) is 0.437. The van der Waals surface area contributed by atoms with Gasteiger partial charge in [0.2, 0.25) is 5.95 Å². The Morgan fingerprint density at radius 1 is 1.12 bits per heavy atom. The summed E-state index contributed by atoms with van der Waals surface area (Å²) in [5, 5.41) is 16.8. The summed E-state index contributed by atoms with van der Waals surface area (Å²) in [6.07, 6.45) is 3.66. The minimum atomic E-state index is -1.49. The minimum absolute atomic E-state index is 0.281. The van der Waals surface area contributed by atoms with Crippen molar-refractivity contribution >= 4 is 29.0 Å². The Bertz CT molecular complexity index is 1360. The second kappa shape index (κ2) is 8.81. The molecule has 0 radical (unpaired) electrons. The summed E-state index contributed by atoms with van der Waals surface area (Å²) in [6.45, 7) is 0.524. The molecule has 0 unspecified atom stereocenters. The fraction of sp³-hybridized carbons (Fsp3) is 0.208. The van der Waals surface area contributed by atoms with Crippen LogP contribution in [0.3, 0.4) is 0 Å². The molecule has 0 spiro atoms. The van der Waals surface area contributed by atoms with Crippen LogP contribution in [0.25, 0.3) is 22.0 Å². The van der Waals surface area contributed by atoms with Crippen LogP contribution in [0.15, 0.2) is 60.2 Å². The zero-order valence-corrected chi connectivity index (χ0v) is 19.4. The molecule has 10 heteroatoms. The predicted molar refractivity (Wildman–Crippen MR) is 129 cm³/mol. The van der Waals surface area contributed by atoms with Gasteiger partial charge in [-0.25, -0.2) is 19.9 Å². The van der Waals surface area contributed by atoms with E-state index < -0.39 is 5.60 Å². The van der Waals surface area contributed by atoms with Gasteiger partial charge in [-0.1, -0.05) is 18.2 Å². The topological polar surface area (TPSA) is 113 Å². The first-order valence-electron chi connectivity index (χ1n) is 10.6. The van der Waals surface area contributed by atoms with Crippen LogP contribution in [0, 0.1) is 0 Å². The van der Waals surface area contributed by atoms with Gasteiger partial charge in [0.15, 0.2) is 5.60 Å². The number of hydrogen-bond donors (Lipinski definition) is 2. The molecule has 1 aliphatic heterocycles. The van der Waals surface area contributed by atoms with Gasteiger partial charge >= 0.3 is 0 Å². The summed E-state index contributed by atoms with van der Waals surface area (Å²) < 4.78 is 5.22. The van der Waals surface area contributed by atoms with Crippen LogP contribution in [0.1, 0.15) is 12.0 Å². The average molecular weight is 475 g/mol. The number of likely N-dealkylation sites (tertiary alicyclic amines) is 1. The molecule has 172 valence electrons. The van der Waals surface area contributed by atoms with Crippen molar-refractivity contribution in [3.05, 3.63) is 65.8 Å². The van der Waals surface area contributed by atoms with Crippen molar-refractivity contribution in [2.75, 3.05) is 26.0 Å². The monoisotopic (exact) mass is 474 g/mol. The zero-order chi connectivity index (χ0) is 23.7. The third-order valence-corrected chi connectivity index (χ3v) is 6.62. The fourth-order valence-electron chi connectivity index (χ4n) is 3.84. The lowest BCUT2D eigenvalue weighted by molar-refractivity contribution is -0.143. The molecule has 0 aliphatic carbocycles. The first-order chi connectivity index (χ1) is 16.5. The molecule has 1 amide bonds. The van der Waals surface area contributed by atoms with Crippen molar-refractivity contribution in [3.63, 3.8) is 0 Å². The molecule has 9 nitrogen and oxygen atoms in total. The Labute approximate surface area is 200 Å². The normalized spacial score (nSPS) is 17.7. The van der Waals surface area contributed by atoms with Crippen molar-refractivity contribution in [3.8, 4) is 27.7 Å². The lowest BCUT2D eigenvalue weighted by Crippen LogP contribution is -2.36. The molecule has 2 N–H and O–H groups in total. The number of amides is 1. The van der Waals surface area contributed by atoms with Gasteiger partial charge in [-0.15, -0.1) is 11.3 Å². The van der Waals surface area contributed by atoms with E-state index in [0.717, 1.165) is 10.6 Å². The van der Waals surface area contributed by atoms with Crippen LogP contribution in [0.2, 0.25) is 0 Å². The Hall–Kier alpha value is -3.89. The Balaban J connectivity index is 1.40. The highest BCUT2D eigenvalue weighted by molar-refractivity contribution is 7.13. The van der Waals surface area contributed by atoms with Gasteiger partial charge in [0.1, 0.15) is 22.3 Å². The van der Waals surface area contributed by atoms with Crippen LogP contribution in [0.4, 0.5) is 11.8 Å². The molecule has 5 rings (SSSR count). The number of pyridine rings is 1. The van der Waals surface area contributed by atoms with E-state index in [2.05, 4.69) is 20.3 Å². The van der Waals surface area contributed by atoms with Gasteiger partial charge in [0, 0.05) is 49.4 Å². The molecule has 34 heavy (non-hydrogen) atoms. The van der Waals surface area contributed by atoms with Gasteiger partial charge in [-0.05, 0) is 23.8 Å². The number of likely N-dealkylation sites (N-methyl/N-ethyl adjacent to an activating group) is 1. The van der Waals surface area contributed by atoms with E-state index in [1.54, 1.807) is 55.7 Å². The maximum Gasteiger partial charge on any atom is 0.258 e. The summed E-state index contributed by atoms with van der Waals surface area (Å²) in [5.41, 5.74) is 1.27. The first-order valence-corrected chi connectivity index (χ1v) is 11.5. The van der Waals surface area contributed by atoms with Crippen molar-refractivity contribution in [2.45, 2.75) is 12.0 Å². The van der Waals surface area contributed by atoms with E-state index in [1.807, 2.05) is 23.6 Å². The molecule has 1 saturated heterocycles. The number of benzene rings is 1. The highest BCUT2D eigenvalue weighted by Crippen LogP contribution is 2.36. The van der Waals surface area contributed by atoms with Crippen LogP contribution in [-0.2, 0) is 10.4 Å². The molecule has 0 saturated carbocycles. The number of carbonyl (C=O) groups excluding carboxylic acids is 1. The van der Waals surface area contributed by atoms with E-state index in [-0.39, 0.29) is 5.91 Å². The van der Waals surface area contributed by atoms with Crippen LogP contribution >= 0.6 is 11.3 Å². The number of rotatable bonds is 6. The van der Waals surface area contributed by atoms with Gasteiger partial charge in [0.25, 0.3) is 5.91 Å². The van der Waals surface area contributed by atoms with Gasteiger partial charge in [-0.2, -0.15) is 0 Å². The predicted octanol–water partition coefficient (Wildman–Crippen LogP) is 3.46. The SMILES string of the molecule is COc1ccnc(Nc2nccc(-c3csc(-c4cccc([C@]5(O)CCN(C)C5=O)c4)n3)n2)c1. The second-order valence-electron chi connectivity index (χ2n) is 7.93. The number of anilines is 2. The van der Waals surface area contributed by atoms with Crippen molar-refractivity contribution < 1.29 is 14.6 Å². The number of methoxy groups -OCH3 is 1. The van der Waals surface area contributed by atoms with E-state index >= 15 is 0 Å². The second-order valence-corrected chi connectivity index (χ2v) is 8.79. The molecule has 1 aliphatic rings. The van der Waals surface area contributed by atoms with Crippen LogP contribution in [-0.4, -0.2) is 56.6 Å². The highest BCUT2D eigenvalue weighted by atomic mass is 32.1. The third-order valence-electron chi connectivity index (χ3n) is 5.73. The molecule has 0 bridgehead atoms. The molecule has 4 aromatic rings. The molecule has 1 aromatic carbocycles. The number of aromatic nitrogens is 4. The van der Waals surface area contributed by atoms with Gasteiger partial charge in [0.05, 0.1) is 12.8 Å². The van der Waals surface area contributed by atoms with Crippen molar-refractivity contribution in [1.29, 1.82) is 0 Å². The summed E-state index contributed by atoms with van der Waals surface area (Å²) in [7, 11) is 3.29. The number of nitrogens with zero attached hydrogens (tertiary/aromatic N) is 5. The summed E-state index contributed by atoms with van der Waals surface area (Å²) in [4.78, 5) is 31.9. The lowest BCUT2D eigenvalue weighted by atomic mass is 9.91. The van der Waals surface area contributed by atoms with Crippen LogP contribution < -0.4 is 10.1 Å². The Kier molecular flexibility index (Phi) is 5.68. The largest absolute Gasteiger partial charge is 0.497 e. The van der Waals surface area contributed by atoms with Crippen molar-refractivity contribution in [2.24, 2.45) is 0 Å². The maximum atomic E-state index is 12.5. The number of hydrogen-bond acceptors (Lipinski definition) is 9. The number of thiazole rings is 1. The molecule has 1 atom stereocenters. The van der Waals surface area contributed by atoms with Gasteiger partial charge < -0.3 is 20.1 Å².